The molecule has 12 nitrogen and oxygen atoms in total. The van der Waals surface area contributed by atoms with Crippen molar-refractivity contribution in [2.75, 3.05) is 13.2 Å². The van der Waals surface area contributed by atoms with Crippen LogP contribution in [0.4, 0.5) is 0 Å². The van der Waals surface area contributed by atoms with Crippen LogP contribution in [-0.2, 0) is 58.8 Å². The van der Waals surface area contributed by atoms with Gasteiger partial charge in [0.15, 0.2) is 11.5 Å². The molecule has 2 aliphatic heterocycles. The Morgan fingerprint density at radius 3 is 1.16 bits per heavy atom. The number of fused-ring (bicyclic) bond motifs is 9. The minimum Gasteiger partial charge on any atom is -0.426 e. The maximum atomic E-state index is 7.94. The molecule has 10 aromatic carbocycles. The topological polar surface area (TPSA) is 126 Å². The molecule has 0 spiro atoms. The summed E-state index contributed by atoms with van der Waals surface area (Å²) >= 11 is 0. The zero-order chi connectivity index (χ0) is 84.1. The fourth-order valence-electron chi connectivity index (χ4n) is 15.9. The van der Waals surface area contributed by atoms with Gasteiger partial charge in [-0.15, -0.1) is 0 Å². The molecular formula is C100H120O12P4. The van der Waals surface area contributed by atoms with Crippen LogP contribution in [0.5, 0.6) is 34.5 Å². The molecule has 0 N–H and O–H groups in total. The van der Waals surface area contributed by atoms with Crippen LogP contribution in [0.15, 0.2) is 144 Å². The second-order valence-electron chi connectivity index (χ2n) is 40.8. The van der Waals surface area contributed by atoms with E-state index in [0.29, 0.717) is 65.3 Å². The SMILES string of the molecule is Cc1cc(C)c(OP2OCCO2)c(-c2cc(C)cc(C)c2Op2oc3c(C)cc(C)cc3c3cc(Cc4cccc5c6c(ccc45)OP(Oc4c(-c5cc(C(C)(C)C)cc(C(C)(C)C)c5Op5oc7c(C(C)(C)C)cc(C(C)(C)C)cc7c7cc(C(C)(C)C)cc(C(C)(C)C)c7o5)cc(C(C)(C)C)cc4C(C)(C)C)O6)cc(C)c3o2)c1. The van der Waals surface area contributed by atoms with E-state index in [1.54, 1.807) is 0 Å². The highest BCUT2D eigenvalue weighted by atomic mass is 31.2. The molecule has 16 heteroatoms. The van der Waals surface area contributed by atoms with E-state index >= 15 is 0 Å². The fourth-order valence-corrected chi connectivity index (χ4v) is 20.5. The van der Waals surface area contributed by atoms with Crippen LogP contribution in [0.25, 0.3) is 76.9 Å². The Morgan fingerprint density at radius 2 is 0.681 bits per heavy atom. The third-order valence-electron chi connectivity index (χ3n) is 22.4. The maximum Gasteiger partial charge on any atom is 0.530 e. The Kier molecular flexibility index (Phi) is 22.0. The van der Waals surface area contributed by atoms with E-state index in [0.717, 1.165) is 149 Å². The zero-order valence-electron chi connectivity index (χ0n) is 74.4. The summed E-state index contributed by atoms with van der Waals surface area (Å²) in [5, 5.41) is 5.85. The molecule has 0 saturated carbocycles. The van der Waals surface area contributed by atoms with E-state index in [1.807, 2.05) is 6.07 Å². The second kappa shape index (κ2) is 30.3. The monoisotopic (exact) mass is 1640 g/mol. The molecule has 612 valence electrons. The molecule has 14 rings (SSSR count). The van der Waals surface area contributed by atoms with Gasteiger partial charge in [-0.2, -0.15) is 0 Å². The van der Waals surface area contributed by atoms with Crippen LogP contribution >= 0.6 is 33.7 Å². The number of aryl methyl sites for hydroxylation is 7. The van der Waals surface area contributed by atoms with Crippen molar-refractivity contribution in [2.24, 2.45) is 0 Å². The van der Waals surface area contributed by atoms with Crippen LogP contribution < -0.4 is 27.1 Å². The first kappa shape index (κ1) is 84.3. The Bertz CT molecular complexity index is 5920. The van der Waals surface area contributed by atoms with Crippen molar-refractivity contribution in [1.82, 2.24) is 0 Å². The van der Waals surface area contributed by atoms with Crippen molar-refractivity contribution < 1.29 is 53.0 Å². The Balaban J connectivity index is 0.888. The molecule has 1 saturated heterocycles. The number of rotatable bonds is 12. The van der Waals surface area contributed by atoms with Crippen molar-refractivity contribution in [1.29, 1.82) is 0 Å². The summed E-state index contributed by atoms with van der Waals surface area (Å²) in [4.78, 5) is 0. The first-order valence-electron chi connectivity index (χ1n) is 40.9. The van der Waals surface area contributed by atoms with Gasteiger partial charge in [0.25, 0.3) is 0 Å². The van der Waals surface area contributed by atoms with Gasteiger partial charge in [-0.05, 0) is 231 Å². The van der Waals surface area contributed by atoms with Crippen LogP contribution in [0, 0.1) is 48.5 Å². The summed E-state index contributed by atoms with van der Waals surface area (Å²) < 4.78 is 84.8. The summed E-state index contributed by atoms with van der Waals surface area (Å²) in [5.74, 6) is 3.91. The molecule has 12 aromatic rings. The molecule has 2 atom stereocenters. The highest BCUT2D eigenvalue weighted by Crippen LogP contribution is 2.61. The van der Waals surface area contributed by atoms with Crippen LogP contribution in [0.2, 0.25) is 0 Å². The average Bonchev–Trinajstić information content (AvgIpc) is 1.32. The molecule has 0 radical (unpaired) electrons. The third-order valence-corrected chi connectivity index (χ3v) is 26.5. The predicted octanol–water partition coefficient (Wildman–Crippen LogP) is 31.9. The minimum absolute atomic E-state index is 0.176. The van der Waals surface area contributed by atoms with Gasteiger partial charge in [0, 0.05) is 71.4 Å². The van der Waals surface area contributed by atoms with Gasteiger partial charge >= 0.3 is 33.7 Å². The maximum absolute atomic E-state index is 7.94. The van der Waals surface area contributed by atoms with Gasteiger partial charge in [0.1, 0.15) is 45.3 Å². The fraction of sp³-hybridized carbons (Fsp3) is 0.420. The molecule has 0 aliphatic carbocycles. The van der Waals surface area contributed by atoms with E-state index in [-0.39, 0.29) is 32.5 Å². The Labute approximate surface area is 693 Å². The lowest BCUT2D eigenvalue weighted by Crippen LogP contribution is -2.20. The predicted molar refractivity (Wildman–Crippen MR) is 486 cm³/mol. The van der Waals surface area contributed by atoms with Crippen LogP contribution in [0.3, 0.4) is 0 Å². The largest absolute Gasteiger partial charge is 0.530 e. The van der Waals surface area contributed by atoms with Crippen molar-refractivity contribution in [2.45, 2.75) is 264 Å². The lowest BCUT2D eigenvalue weighted by atomic mass is 9.75. The number of hydrogen-bond donors (Lipinski definition) is 0. The summed E-state index contributed by atoms with van der Waals surface area (Å²) in [7, 11) is -8.00. The number of benzene rings is 10. The first-order chi connectivity index (χ1) is 53.8. The van der Waals surface area contributed by atoms with Crippen molar-refractivity contribution in [3.05, 3.63) is 222 Å². The molecule has 0 bridgehead atoms. The van der Waals surface area contributed by atoms with Gasteiger partial charge in [-0.3, -0.25) is 0 Å². The van der Waals surface area contributed by atoms with Gasteiger partial charge in [0.05, 0.1) is 13.2 Å². The molecular weight excluding hydrogens is 1520 g/mol. The molecule has 0 amide bonds. The van der Waals surface area contributed by atoms with E-state index < -0.39 is 44.5 Å². The molecule has 2 unspecified atom stereocenters. The van der Waals surface area contributed by atoms with Gasteiger partial charge < -0.3 is 53.0 Å². The lowest BCUT2D eigenvalue weighted by molar-refractivity contribution is 0.353. The average molecular weight is 1640 g/mol. The molecule has 1 fully saturated rings. The van der Waals surface area contributed by atoms with Crippen LogP contribution in [-0.4, -0.2) is 13.2 Å². The normalized spacial score (nSPS) is 14.9. The standard InChI is InChI=1S/C100H120O12P4/c1-56-39-59(4)84(104-113-101-37-38-102-113)71(42-56)72-43-57(2)40-60(5)85(72)105-115-106-86-61(6)41-58(3)44-73(86)74-47-63(45-62(7)87(74)107-115)46-64-33-32-34-70-69(64)35-36-83-92(70)112-114(103-83)108-88-75(48-65(93(8,9)10)52-79(88)97(20,21)22)76-49-66(94(11,12)13)53-80(98(23,24)25)89(76)109-116-110-90-77(50-67(95(14,15)16)54-81(90)99(26,27)28)78-51-68(96(17,18)19)55-82(91(78)111-116)100(29,30)31/h32-36,39-45,47-55H,37-38,46H2,1-31H3. The van der Waals surface area contributed by atoms with Gasteiger partial charge in [-0.25, -0.2) is 0 Å². The summed E-state index contributed by atoms with van der Waals surface area (Å²) in [6.45, 7) is 70.4. The lowest BCUT2D eigenvalue weighted by Gasteiger charge is -2.32. The molecule has 116 heavy (non-hydrogen) atoms. The molecule has 2 aliphatic rings. The zero-order valence-corrected chi connectivity index (χ0v) is 78.0. The summed E-state index contributed by atoms with van der Waals surface area (Å²) in [6.07, 6.45) is 0.600. The Hall–Kier alpha value is -8.16. The smallest absolute Gasteiger partial charge is 0.426 e. The molecule has 4 heterocycles. The quantitative estimate of drug-likeness (QED) is 0.108. The van der Waals surface area contributed by atoms with Gasteiger partial charge in [0.2, 0.25) is 0 Å². The van der Waals surface area contributed by atoms with Crippen molar-refractivity contribution in [3.63, 3.8) is 0 Å². The third kappa shape index (κ3) is 17.0. The van der Waals surface area contributed by atoms with E-state index in [2.05, 4.69) is 336 Å². The first-order valence-corrected chi connectivity index (χ1v) is 45.3. The summed E-state index contributed by atoms with van der Waals surface area (Å²) in [5.41, 5.74) is 22.2. The highest BCUT2D eigenvalue weighted by Gasteiger charge is 2.40. The number of hydrogen-bond acceptors (Lipinski definition) is 12. The van der Waals surface area contributed by atoms with Gasteiger partial charge in [-0.1, -0.05) is 239 Å². The highest BCUT2D eigenvalue weighted by molar-refractivity contribution is 7.43. The summed E-state index contributed by atoms with van der Waals surface area (Å²) in [6, 6.07) is 46.8. The van der Waals surface area contributed by atoms with Crippen molar-refractivity contribution in [3.8, 4) is 56.8 Å². The second-order valence-corrected chi connectivity index (χ2v) is 45.0. The van der Waals surface area contributed by atoms with E-state index in [4.69, 9.17) is 53.0 Å². The van der Waals surface area contributed by atoms with E-state index in [9.17, 15) is 0 Å². The Morgan fingerprint density at radius 1 is 0.302 bits per heavy atom. The minimum atomic E-state index is -2.26. The van der Waals surface area contributed by atoms with E-state index in [1.165, 1.54) is 11.1 Å². The molecule has 2 aromatic heterocycles. The van der Waals surface area contributed by atoms with Crippen molar-refractivity contribution >= 4 is 88.3 Å². The van der Waals surface area contributed by atoms with Crippen LogP contribution in [0.1, 0.15) is 261 Å².